The van der Waals surface area contributed by atoms with Crippen LogP contribution in [-0.2, 0) is 25.8 Å². The molecule has 19 heavy (non-hydrogen) atoms. The fourth-order valence-electron chi connectivity index (χ4n) is 2.55. The number of fused-ring (bicyclic) bond motifs is 1. The monoisotopic (exact) mass is 272 g/mol. The van der Waals surface area contributed by atoms with Crippen LogP contribution in [0.1, 0.15) is 34.0 Å². The number of thiazole rings is 1. The predicted octanol–water partition coefficient (Wildman–Crippen LogP) is 3.35. The van der Waals surface area contributed by atoms with Crippen molar-refractivity contribution in [2.75, 3.05) is 6.54 Å². The first-order valence-electron chi connectivity index (χ1n) is 7.14. The largest absolute Gasteiger partial charge is 0.310 e. The summed E-state index contributed by atoms with van der Waals surface area (Å²) in [5.74, 6) is 0. The Morgan fingerprint density at radius 2 is 1.95 bits per heavy atom. The molecule has 100 valence electrons. The number of hydrogen-bond donors (Lipinski definition) is 1. The van der Waals surface area contributed by atoms with Gasteiger partial charge in [-0.3, -0.25) is 0 Å². The van der Waals surface area contributed by atoms with E-state index in [1.807, 2.05) is 11.3 Å². The molecule has 0 unspecified atom stereocenters. The molecule has 0 spiro atoms. The van der Waals surface area contributed by atoms with Gasteiger partial charge >= 0.3 is 0 Å². The summed E-state index contributed by atoms with van der Waals surface area (Å²) in [6.45, 7) is 1.94. The molecule has 0 bridgehead atoms. The highest BCUT2D eigenvalue weighted by atomic mass is 32.1. The normalized spacial score (nSPS) is 14.3. The highest BCUT2D eigenvalue weighted by Gasteiger charge is 2.14. The predicted molar refractivity (Wildman–Crippen MR) is 80.6 cm³/mol. The van der Waals surface area contributed by atoms with Gasteiger partial charge in [-0.1, -0.05) is 30.3 Å². The van der Waals surface area contributed by atoms with Crippen LogP contribution in [0.2, 0.25) is 0 Å². The van der Waals surface area contributed by atoms with E-state index in [1.165, 1.54) is 46.8 Å². The molecule has 2 nitrogen and oxygen atoms in total. The van der Waals surface area contributed by atoms with Gasteiger partial charge < -0.3 is 5.32 Å². The molecule has 0 radical (unpaired) electrons. The molecule has 3 heteroatoms. The molecule has 0 aliphatic heterocycles. The Morgan fingerprint density at radius 3 is 2.79 bits per heavy atom. The first-order chi connectivity index (χ1) is 9.42. The van der Waals surface area contributed by atoms with Gasteiger partial charge in [-0.05, 0) is 44.2 Å². The summed E-state index contributed by atoms with van der Waals surface area (Å²) in [5, 5.41) is 4.77. The second-order valence-corrected chi connectivity index (χ2v) is 6.27. The third kappa shape index (κ3) is 3.43. The van der Waals surface area contributed by atoms with Crippen molar-refractivity contribution in [1.82, 2.24) is 10.3 Å². The molecule has 1 heterocycles. The van der Waals surface area contributed by atoms with E-state index in [0.29, 0.717) is 0 Å². The summed E-state index contributed by atoms with van der Waals surface area (Å²) >= 11 is 1.91. The quantitative estimate of drug-likeness (QED) is 0.844. The van der Waals surface area contributed by atoms with Crippen molar-refractivity contribution in [2.24, 2.45) is 0 Å². The van der Waals surface area contributed by atoms with Crippen LogP contribution >= 0.6 is 11.3 Å². The fourth-order valence-corrected chi connectivity index (χ4v) is 3.68. The van der Waals surface area contributed by atoms with Gasteiger partial charge in [-0.2, -0.15) is 0 Å². The van der Waals surface area contributed by atoms with Crippen LogP contribution in [0.4, 0.5) is 0 Å². The molecule has 0 amide bonds. The Morgan fingerprint density at radius 1 is 1.11 bits per heavy atom. The van der Waals surface area contributed by atoms with E-state index in [9.17, 15) is 0 Å². The Balaban J connectivity index is 1.46. The van der Waals surface area contributed by atoms with Crippen LogP contribution in [0.15, 0.2) is 30.3 Å². The molecule has 3 rings (SSSR count). The van der Waals surface area contributed by atoms with Crippen molar-refractivity contribution >= 4 is 11.3 Å². The minimum absolute atomic E-state index is 0.921. The zero-order chi connectivity index (χ0) is 12.9. The SMILES string of the molecule is c1ccc(CCNCc2nc3c(s2)CCCC3)cc1. The van der Waals surface area contributed by atoms with Crippen molar-refractivity contribution in [3.63, 3.8) is 0 Å². The van der Waals surface area contributed by atoms with E-state index < -0.39 is 0 Å². The van der Waals surface area contributed by atoms with Gasteiger partial charge in [0.1, 0.15) is 5.01 Å². The number of rotatable bonds is 5. The van der Waals surface area contributed by atoms with Gasteiger partial charge in [0.05, 0.1) is 5.69 Å². The van der Waals surface area contributed by atoms with Crippen LogP contribution in [0.3, 0.4) is 0 Å². The van der Waals surface area contributed by atoms with Gasteiger partial charge in [0, 0.05) is 11.4 Å². The third-order valence-corrected chi connectivity index (χ3v) is 4.76. The average molecular weight is 272 g/mol. The lowest BCUT2D eigenvalue weighted by Gasteiger charge is -2.06. The molecular weight excluding hydrogens is 252 g/mol. The maximum Gasteiger partial charge on any atom is 0.107 e. The van der Waals surface area contributed by atoms with E-state index in [1.54, 1.807) is 0 Å². The summed E-state index contributed by atoms with van der Waals surface area (Å²) in [7, 11) is 0. The van der Waals surface area contributed by atoms with Crippen molar-refractivity contribution < 1.29 is 0 Å². The number of hydrogen-bond acceptors (Lipinski definition) is 3. The third-order valence-electron chi connectivity index (χ3n) is 3.60. The Hall–Kier alpha value is -1.19. The molecule has 1 aromatic carbocycles. The lowest BCUT2D eigenvalue weighted by atomic mass is 10.0. The lowest BCUT2D eigenvalue weighted by Crippen LogP contribution is -2.16. The molecule has 0 saturated carbocycles. The fraction of sp³-hybridized carbons (Fsp3) is 0.438. The van der Waals surface area contributed by atoms with E-state index in [2.05, 4.69) is 35.6 Å². The Kier molecular flexibility index (Phi) is 4.26. The van der Waals surface area contributed by atoms with Crippen LogP contribution in [0.5, 0.6) is 0 Å². The van der Waals surface area contributed by atoms with Crippen molar-refractivity contribution in [3.8, 4) is 0 Å². The van der Waals surface area contributed by atoms with E-state index in [0.717, 1.165) is 19.5 Å². The average Bonchev–Trinajstić information content (AvgIpc) is 2.87. The maximum absolute atomic E-state index is 4.75. The van der Waals surface area contributed by atoms with Crippen molar-refractivity contribution in [2.45, 2.75) is 38.6 Å². The molecule has 0 fully saturated rings. The number of nitrogens with zero attached hydrogens (tertiary/aromatic N) is 1. The standard InChI is InChI=1S/C16H20N2S/c1-2-6-13(7-3-1)10-11-17-12-16-18-14-8-4-5-9-15(14)19-16/h1-3,6-7,17H,4-5,8-12H2. The topological polar surface area (TPSA) is 24.9 Å². The van der Waals surface area contributed by atoms with Crippen molar-refractivity contribution in [3.05, 3.63) is 51.5 Å². The van der Waals surface area contributed by atoms with Crippen LogP contribution < -0.4 is 5.32 Å². The first kappa shape index (κ1) is 12.8. The van der Waals surface area contributed by atoms with Crippen LogP contribution in [0, 0.1) is 0 Å². The van der Waals surface area contributed by atoms with Crippen molar-refractivity contribution in [1.29, 1.82) is 0 Å². The second kappa shape index (κ2) is 6.31. The number of aryl methyl sites for hydroxylation is 2. The highest BCUT2D eigenvalue weighted by molar-refractivity contribution is 7.11. The lowest BCUT2D eigenvalue weighted by molar-refractivity contribution is 0.665. The van der Waals surface area contributed by atoms with E-state index in [4.69, 9.17) is 4.98 Å². The molecule has 1 aromatic heterocycles. The summed E-state index contributed by atoms with van der Waals surface area (Å²) < 4.78 is 0. The summed E-state index contributed by atoms with van der Waals surface area (Å²) in [4.78, 5) is 6.28. The van der Waals surface area contributed by atoms with Gasteiger partial charge in [-0.15, -0.1) is 11.3 Å². The molecule has 2 aromatic rings. The second-order valence-electron chi connectivity index (χ2n) is 5.10. The molecular formula is C16H20N2S. The Bertz CT molecular complexity index is 495. The van der Waals surface area contributed by atoms with Gasteiger partial charge in [-0.25, -0.2) is 4.98 Å². The summed E-state index contributed by atoms with van der Waals surface area (Å²) in [6, 6.07) is 10.6. The van der Waals surface area contributed by atoms with Gasteiger partial charge in [0.25, 0.3) is 0 Å². The first-order valence-corrected chi connectivity index (χ1v) is 7.95. The zero-order valence-electron chi connectivity index (χ0n) is 11.2. The van der Waals surface area contributed by atoms with Crippen LogP contribution in [0.25, 0.3) is 0 Å². The maximum atomic E-state index is 4.75. The number of benzene rings is 1. The smallest absolute Gasteiger partial charge is 0.107 e. The molecule has 1 aliphatic carbocycles. The van der Waals surface area contributed by atoms with E-state index in [-0.39, 0.29) is 0 Å². The van der Waals surface area contributed by atoms with Crippen LogP contribution in [-0.4, -0.2) is 11.5 Å². The molecule has 1 aliphatic rings. The minimum Gasteiger partial charge on any atom is -0.310 e. The Labute approximate surface area is 118 Å². The molecule has 1 N–H and O–H groups in total. The van der Waals surface area contributed by atoms with Gasteiger partial charge in [0.2, 0.25) is 0 Å². The number of nitrogens with one attached hydrogen (secondary N) is 1. The molecule has 0 saturated heterocycles. The van der Waals surface area contributed by atoms with Gasteiger partial charge in [0.15, 0.2) is 0 Å². The number of aromatic nitrogens is 1. The molecule has 0 atom stereocenters. The summed E-state index contributed by atoms with van der Waals surface area (Å²) in [5.41, 5.74) is 2.77. The zero-order valence-corrected chi connectivity index (χ0v) is 12.0. The van der Waals surface area contributed by atoms with E-state index >= 15 is 0 Å². The summed E-state index contributed by atoms with van der Waals surface area (Å²) in [6.07, 6.45) is 6.19. The minimum atomic E-state index is 0.921. The highest BCUT2D eigenvalue weighted by Crippen LogP contribution is 2.26.